The number of benzene rings is 2. The Morgan fingerprint density at radius 3 is 2.50 bits per heavy atom. The fraction of sp³-hybridized carbons (Fsp3) is 0.143. The van der Waals surface area contributed by atoms with Crippen molar-refractivity contribution in [2.45, 2.75) is 6.42 Å². The van der Waals surface area contributed by atoms with Crippen molar-refractivity contribution in [2.75, 3.05) is 6.61 Å². The Bertz CT molecular complexity index is 613. The second-order valence-corrected chi connectivity index (χ2v) is 5.00. The second-order valence-electron chi connectivity index (χ2n) is 4.09. The minimum absolute atomic E-state index is 0.0807. The van der Waals surface area contributed by atoms with Crippen LogP contribution < -0.4 is 4.74 Å². The van der Waals surface area contributed by atoms with Crippen LogP contribution in [0.25, 0.3) is 0 Å². The number of ether oxygens (including phenoxy) is 1. The Morgan fingerprint density at radius 1 is 1.20 bits per heavy atom. The Morgan fingerprint density at radius 2 is 1.90 bits per heavy atom. The molecule has 2 aromatic carbocycles. The summed E-state index contributed by atoms with van der Waals surface area (Å²) in [4.78, 5) is 10.5. The second kappa shape index (κ2) is 6.49. The first-order valence-corrected chi connectivity index (χ1v) is 6.71. The molecule has 0 aliphatic heterocycles. The third-order valence-electron chi connectivity index (χ3n) is 2.67. The first kappa shape index (κ1) is 14.5. The standard InChI is InChI=1S/C14H12BrNO4/c15-11-3-6-13(16(18)19)14(9-11)20-12-4-1-10(2-5-12)7-8-17/h1-6,9,17H,7-8H2. The number of halogens is 1. The molecule has 0 unspecified atom stereocenters. The van der Waals surface area contributed by atoms with Crippen LogP contribution >= 0.6 is 15.9 Å². The molecule has 0 atom stereocenters. The van der Waals surface area contributed by atoms with Crippen molar-refractivity contribution < 1.29 is 14.8 Å². The van der Waals surface area contributed by atoms with Gasteiger partial charge in [0, 0.05) is 23.2 Å². The molecule has 0 aliphatic carbocycles. The zero-order chi connectivity index (χ0) is 14.5. The van der Waals surface area contributed by atoms with E-state index in [1.165, 1.54) is 6.07 Å². The SMILES string of the molecule is O=[N+]([O-])c1ccc(Br)cc1Oc1ccc(CCO)cc1. The van der Waals surface area contributed by atoms with E-state index in [1.54, 1.807) is 24.3 Å². The lowest BCUT2D eigenvalue weighted by Gasteiger charge is -2.07. The highest BCUT2D eigenvalue weighted by molar-refractivity contribution is 9.10. The van der Waals surface area contributed by atoms with E-state index in [0.717, 1.165) is 5.56 Å². The molecule has 0 amide bonds. The van der Waals surface area contributed by atoms with E-state index in [4.69, 9.17) is 9.84 Å². The molecule has 0 spiro atoms. The molecule has 0 radical (unpaired) electrons. The summed E-state index contributed by atoms with van der Waals surface area (Å²) in [6, 6.07) is 11.6. The van der Waals surface area contributed by atoms with Crippen LogP contribution in [0.3, 0.4) is 0 Å². The zero-order valence-corrected chi connectivity index (χ0v) is 12.0. The maximum atomic E-state index is 10.9. The highest BCUT2D eigenvalue weighted by Crippen LogP contribution is 2.33. The van der Waals surface area contributed by atoms with E-state index in [9.17, 15) is 10.1 Å². The Balaban J connectivity index is 2.25. The van der Waals surface area contributed by atoms with Gasteiger partial charge in [-0.3, -0.25) is 10.1 Å². The van der Waals surface area contributed by atoms with Gasteiger partial charge < -0.3 is 9.84 Å². The third-order valence-corrected chi connectivity index (χ3v) is 3.16. The molecule has 6 heteroatoms. The number of nitrogens with zero attached hydrogens (tertiary/aromatic N) is 1. The van der Waals surface area contributed by atoms with Crippen LogP contribution in [-0.2, 0) is 6.42 Å². The summed E-state index contributed by atoms with van der Waals surface area (Å²) in [5.41, 5.74) is 0.885. The Labute approximate surface area is 124 Å². The molecule has 0 saturated heterocycles. The van der Waals surface area contributed by atoms with Gasteiger partial charge in [-0.25, -0.2) is 0 Å². The Hall–Kier alpha value is -1.92. The molecule has 0 heterocycles. The number of hydrogen-bond donors (Lipinski definition) is 1. The maximum Gasteiger partial charge on any atom is 0.311 e. The Kier molecular flexibility index (Phi) is 4.70. The lowest BCUT2D eigenvalue weighted by Crippen LogP contribution is -1.94. The van der Waals surface area contributed by atoms with Gasteiger partial charge in [0.25, 0.3) is 0 Å². The molecule has 0 saturated carbocycles. The van der Waals surface area contributed by atoms with Crippen LogP contribution in [-0.4, -0.2) is 16.6 Å². The summed E-state index contributed by atoms with van der Waals surface area (Å²) in [5, 5.41) is 19.8. The summed E-state index contributed by atoms with van der Waals surface area (Å²) in [6.45, 7) is 0.0807. The van der Waals surface area contributed by atoms with Gasteiger partial charge in [-0.1, -0.05) is 28.1 Å². The first-order valence-electron chi connectivity index (χ1n) is 5.92. The molecule has 2 aromatic rings. The molecule has 104 valence electrons. The number of rotatable bonds is 5. The van der Waals surface area contributed by atoms with E-state index in [1.807, 2.05) is 12.1 Å². The summed E-state index contributed by atoms with van der Waals surface area (Å²) in [5.74, 6) is 0.687. The highest BCUT2D eigenvalue weighted by Gasteiger charge is 2.15. The van der Waals surface area contributed by atoms with E-state index in [0.29, 0.717) is 16.6 Å². The molecule has 5 nitrogen and oxygen atoms in total. The van der Waals surface area contributed by atoms with Crippen LogP contribution in [0.4, 0.5) is 5.69 Å². The van der Waals surface area contributed by atoms with Crippen molar-refractivity contribution in [3.8, 4) is 11.5 Å². The van der Waals surface area contributed by atoms with Gasteiger partial charge in [0.05, 0.1) is 4.92 Å². The molecule has 2 rings (SSSR count). The summed E-state index contributed by atoms with van der Waals surface area (Å²) in [6.07, 6.45) is 0.567. The number of aliphatic hydroxyl groups excluding tert-OH is 1. The lowest BCUT2D eigenvalue weighted by atomic mass is 10.1. The van der Waals surface area contributed by atoms with Crippen LogP contribution in [0.2, 0.25) is 0 Å². The number of nitro groups is 1. The monoisotopic (exact) mass is 337 g/mol. The highest BCUT2D eigenvalue weighted by atomic mass is 79.9. The fourth-order valence-corrected chi connectivity index (χ4v) is 2.04. The van der Waals surface area contributed by atoms with Gasteiger partial charge in [0.2, 0.25) is 5.75 Å². The largest absolute Gasteiger partial charge is 0.450 e. The summed E-state index contributed by atoms with van der Waals surface area (Å²) in [7, 11) is 0. The average molecular weight is 338 g/mol. The zero-order valence-electron chi connectivity index (χ0n) is 10.5. The summed E-state index contributed by atoms with van der Waals surface area (Å²) < 4.78 is 6.25. The molecule has 1 N–H and O–H groups in total. The minimum Gasteiger partial charge on any atom is -0.450 e. The molecular weight excluding hydrogens is 326 g/mol. The van der Waals surface area contributed by atoms with Crippen molar-refractivity contribution in [1.82, 2.24) is 0 Å². The average Bonchev–Trinajstić information content (AvgIpc) is 2.41. The fourth-order valence-electron chi connectivity index (χ4n) is 1.70. The van der Waals surface area contributed by atoms with Gasteiger partial charge in [0.1, 0.15) is 5.75 Å². The van der Waals surface area contributed by atoms with E-state index < -0.39 is 4.92 Å². The maximum absolute atomic E-state index is 10.9. The third kappa shape index (κ3) is 3.55. The van der Waals surface area contributed by atoms with Crippen LogP contribution in [0.1, 0.15) is 5.56 Å². The van der Waals surface area contributed by atoms with E-state index in [-0.39, 0.29) is 18.0 Å². The molecule has 0 aliphatic rings. The molecule has 0 bridgehead atoms. The molecular formula is C14H12BrNO4. The van der Waals surface area contributed by atoms with E-state index in [2.05, 4.69) is 15.9 Å². The van der Waals surface area contributed by atoms with Crippen molar-refractivity contribution in [2.24, 2.45) is 0 Å². The van der Waals surface area contributed by atoms with Gasteiger partial charge >= 0.3 is 5.69 Å². The smallest absolute Gasteiger partial charge is 0.311 e. The summed E-state index contributed by atoms with van der Waals surface area (Å²) >= 11 is 3.26. The van der Waals surface area contributed by atoms with Crippen LogP contribution in [0.5, 0.6) is 11.5 Å². The number of nitro benzene ring substituents is 1. The molecule has 0 aromatic heterocycles. The quantitative estimate of drug-likeness (QED) is 0.667. The van der Waals surface area contributed by atoms with Crippen LogP contribution in [0, 0.1) is 10.1 Å². The van der Waals surface area contributed by atoms with Crippen molar-refractivity contribution in [3.63, 3.8) is 0 Å². The topological polar surface area (TPSA) is 72.6 Å². The number of aliphatic hydroxyl groups is 1. The van der Waals surface area contributed by atoms with Crippen molar-refractivity contribution >= 4 is 21.6 Å². The number of hydrogen-bond acceptors (Lipinski definition) is 4. The molecule has 0 fully saturated rings. The van der Waals surface area contributed by atoms with Crippen LogP contribution in [0.15, 0.2) is 46.9 Å². The van der Waals surface area contributed by atoms with Gasteiger partial charge in [0.15, 0.2) is 0 Å². The van der Waals surface area contributed by atoms with Crippen molar-refractivity contribution in [3.05, 3.63) is 62.6 Å². The van der Waals surface area contributed by atoms with E-state index >= 15 is 0 Å². The normalized spacial score (nSPS) is 10.3. The lowest BCUT2D eigenvalue weighted by molar-refractivity contribution is -0.385. The molecule has 20 heavy (non-hydrogen) atoms. The van der Waals surface area contributed by atoms with Gasteiger partial charge in [-0.15, -0.1) is 0 Å². The first-order chi connectivity index (χ1) is 9.60. The minimum atomic E-state index is -0.484. The predicted octanol–water partition coefficient (Wildman–Crippen LogP) is 3.68. The predicted molar refractivity (Wildman–Crippen MR) is 78.1 cm³/mol. The van der Waals surface area contributed by atoms with Crippen molar-refractivity contribution in [1.29, 1.82) is 0 Å². The van der Waals surface area contributed by atoms with Gasteiger partial charge in [-0.05, 0) is 30.2 Å². The van der Waals surface area contributed by atoms with Gasteiger partial charge in [-0.2, -0.15) is 0 Å².